The van der Waals surface area contributed by atoms with Crippen molar-refractivity contribution in [2.24, 2.45) is 0 Å². The van der Waals surface area contributed by atoms with E-state index in [2.05, 4.69) is 0 Å². The summed E-state index contributed by atoms with van der Waals surface area (Å²) >= 11 is 5.62. The van der Waals surface area contributed by atoms with E-state index in [9.17, 15) is 8.42 Å². The van der Waals surface area contributed by atoms with Crippen molar-refractivity contribution in [1.82, 2.24) is 4.31 Å². The Kier molecular flexibility index (Phi) is 4.14. The third-order valence-corrected chi connectivity index (χ3v) is 5.33. The zero-order valence-electron chi connectivity index (χ0n) is 10.2. The molecule has 2 rings (SSSR count). The second-order valence-electron chi connectivity index (χ2n) is 4.13. The molecule has 1 aliphatic heterocycles. The predicted molar refractivity (Wildman–Crippen MR) is 70.8 cm³/mol. The molecule has 18 heavy (non-hydrogen) atoms. The fraction of sp³-hybridized carbons (Fsp3) is 0.500. The van der Waals surface area contributed by atoms with Gasteiger partial charge in [0.2, 0.25) is 10.0 Å². The number of hydrogen-bond donors (Lipinski definition) is 0. The molecule has 0 radical (unpaired) electrons. The van der Waals surface area contributed by atoms with E-state index in [1.807, 2.05) is 0 Å². The Balaban J connectivity index is 2.40. The van der Waals surface area contributed by atoms with Crippen LogP contribution in [0.25, 0.3) is 0 Å². The van der Waals surface area contributed by atoms with Crippen LogP contribution in [0.2, 0.25) is 0 Å². The van der Waals surface area contributed by atoms with E-state index in [4.69, 9.17) is 16.3 Å². The molecule has 0 N–H and O–H groups in total. The van der Waals surface area contributed by atoms with Gasteiger partial charge in [0, 0.05) is 24.5 Å². The van der Waals surface area contributed by atoms with E-state index < -0.39 is 10.0 Å². The van der Waals surface area contributed by atoms with Crippen LogP contribution in [0.3, 0.4) is 0 Å². The van der Waals surface area contributed by atoms with Crippen LogP contribution in [0.1, 0.15) is 12.0 Å². The van der Waals surface area contributed by atoms with E-state index >= 15 is 0 Å². The highest BCUT2D eigenvalue weighted by molar-refractivity contribution is 7.89. The highest BCUT2D eigenvalue weighted by atomic mass is 35.5. The summed E-state index contributed by atoms with van der Waals surface area (Å²) in [4.78, 5) is 0.364. The molecule has 0 spiro atoms. The molecule has 0 fully saturated rings. The molecule has 1 aliphatic rings. The summed E-state index contributed by atoms with van der Waals surface area (Å²) in [6.07, 6.45) is 1.35. The maximum atomic E-state index is 12.4. The van der Waals surface area contributed by atoms with Crippen molar-refractivity contribution in [1.29, 1.82) is 0 Å². The average molecular weight is 290 g/mol. The molecule has 0 aromatic heterocycles. The van der Waals surface area contributed by atoms with Gasteiger partial charge in [0.1, 0.15) is 5.75 Å². The number of halogens is 1. The fourth-order valence-electron chi connectivity index (χ4n) is 2.19. The van der Waals surface area contributed by atoms with Crippen LogP contribution in [-0.2, 0) is 16.4 Å². The second-order valence-corrected chi connectivity index (χ2v) is 6.42. The molecule has 100 valence electrons. The summed E-state index contributed by atoms with van der Waals surface area (Å²) in [5, 5.41) is 0. The van der Waals surface area contributed by atoms with Crippen molar-refractivity contribution in [2.75, 3.05) is 26.1 Å². The topological polar surface area (TPSA) is 46.6 Å². The zero-order chi connectivity index (χ0) is 13.2. The highest BCUT2D eigenvalue weighted by Crippen LogP contribution is 2.32. The quantitative estimate of drug-likeness (QED) is 0.795. The second kappa shape index (κ2) is 5.47. The molecule has 0 saturated heterocycles. The number of fused-ring (bicyclic) bond motifs is 1. The average Bonchev–Trinajstić information content (AvgIpc) is 2.37. The minimum absolute atomic E-state index is 0.364. The lowest BCUT2D eigenvalue weighted by atomic mass is 10.1. The van der Waals surface area contributed by atoms with Crippen LogP contribution in [0.4, 0.5) is 0 Å². The van der Waals surface area contributed by atoms with Gasteiger partial charge in [0.15, 0.2) is 0 Å². The van der Waals surface area contributed by atoms with Crippen LogP contribution in [0.5, 0.6) is 5.75 Å². The van der Waals surface area contributed by atoms with Gasteiger partial charge < -0.3 is 4.74 Å². The Morgan fingerprint density at radius 2 is 2.22 bits per heavy atom. The minimum Gasteiger partial charge on any atom is -0.496 e. The van der Waals surface area contributed by atoms with Crippen molar-refractivity contribution in [3.63, 3.8) is 0 Å². The van der Waals surface area contributed by atoms with Gasteiger partial charge in [-0.15, -0.1) is 11.6 Å². The molecule has 1 heterocycles. The summed E-state index contributed by atoms with van der Waals surface area (Å²) in [7, 11) is -1.84. The van der Waals surface area contributed by atoms with Gasteiger partial charge >= 0.3 is 0 Å². The predicted octanol–water partition coefficient (Wildman–Crippen LogP) is 1.87. The normalized spacial score (nSPS) is 18.3. The van der Waals surface area contributed by atoms with Crippen LogP contribution in [-0.4, -0.2) is 38.8 Å². The lowest BCUT2D eigenvalue weighted by Crippen LogP contribution is -2.38. The van der Waals surface area contributed by atoms with Crippen LogP contribution in [0, 0.1) is 0 Å². The summed E-state index contributed by atoms with van der Waals surface area (Å²) in [6, 6.07) is 5.14. The monoisotopic (exact) mass is 289 g/mol. The molecule has 0 saturated carbocycles. The van der Waals surface area contributed by atoms with Gasteiger partial charge in [-0.2, -0.15) is 4.31 Å². The number of methoxy groups -OCH3 is 1. The number of sulfonamides is 1. The van der Waals surface area contributed by atoms with E-state index in [-0.39, 0.29) is 0 Å². The number of nitrogens with zero attached hydrogens (tertiary/aromatic N) is 1. The molecule has 0 unspecified atom stereocenters. The Morgan fingerprint density at radius 1 is 1.44 bits per heavy atom. The largest absolute Gasteiger partial charge is 0.496 e. The van der Waals surface area contributed by atoms with Crippen molar-refractivity contribution in [3.05, 3.63) is 23.8 Å². The Morgan fingerprint density at radius 3 is 2.89 bits per heavy atom. The molecule has 1 aromatic carbocycles. The van der Waals surface area contributed by atoms with Gasteiger partial charge in [0.05, 0.1) is 12.0 Å². The lowest BCUT2D eigenvalue weighted by molar-refractivity contribution is 0.380. The molecule has 6 heteroatoms. The smallest absolute Gasteiger partial charge is 0.243 e. The van der Waals surface area contributed by atoms with Gasteiger partial charge in [-0.05, 0) is 25.0 Å². The number of benzene rings is 1. The van der Waals surface area contributed by atoms with Crippen molar-refractivity contribution >= 4 is 21.6 Å². The standard InChI is InChI=1S/C12H16ClNO3S/c1-17-11-4-2-5-12-10(11)6-9-14(8-3-7-13)18(12,15)16/h2,4-5H,3,6-9H2,1H3. The van der Waals surface area contributed by atoms with Crippen LogP contribution in [0.15, 0.2) is 23.1 Å². The molecular weight excluding hydrogens is 274 g/mol. The van der Waals surface area contributed by atoms with Crippen molar-refractivity contribution in [3.8, 4) is 5.75 Å². The molecule has 0 aliphatic carbocycles. The highest BCUT2D eigenvalue weighted by Gasteiger charge is 2.32. The molecule has 1 aromatic rings. The van der Waals surface area contributed by atoms with E-state index in [0.29, 0.717) is 42.5 Å². The first-order valence-electron chi connectivity index (χ1n) is 5.83. The first-order valence-corrected chi connectivity index (χ1v) is 7.80. The lowest BCUT2D eigenvalue weighted by Gasteiger charge is -2.28. The fourth-order valence-corrected chi connectivity index (χ4v) is 4.05. The van der Waals surface area contributed by atoms with E-state index in [1.165, 1.54) is 4.31 Å². The number of ether oxygens (including phenoxy) is 1. The molecule has 0 amide bonds. The number of rotatable bonds is 4. The number of alkyl halides is 1. The Labute approximate surface area is 113 Å². The summed E-state index contributed by atoms with van der Waals surface area (Å²) < 4.78 is 31.5. The first-order chi connectivity index (χ1) is 8.61. The maximum absolute atomic E-state index is 12.4. The first kappa shape index (κ1) is 13.6. The SMILES string of the molecule is COc1cccc2c1CCN(CCCCl)S2(=O)=O. The Hall–Kier alpha value is -0.780. The minimum atomic E-state index is -3.39. The Bertz CT molecular complexity index is 530. The zero-order valence-corrected chi connectivity index (χ0v) is 11.8. The molecule has 0 atom stereocenters. The van der Waals surface area contributed by atoms with Crippen LogP contribution < -0.4 is 4.74 Å². The third kappa shape index (κ3) is 2.35. The van der Waals surface area contributed by atoms with E-state index in [1.54, 1.807) is 25.3 Å². The van der Waals surface area contributed by atoms with Crippen molar-refractivity contribution in [2.45, 2.75) is 17.7 Å². The molecular formula is C12H16ClNO3S. The van der Waals surface area contributed by atoms with Gasteiger partial charge in [-0.3, -0.25) is 0 Å². The maximum Gasteiger partial charge on any atom is 0.243 e. The van der Waals surface area contributed by atoms with Crippen molar-refractivity contribution < 1.29 is 13.2 Å². The van der Waals surface area contributed by atoms with Gasteiger partial charge in [-0.25, -0.2) is 8.42 Å². The van der Waals surface area contributed by atoms with E-state index in [0.717, 1.165) is 5.56 Å². The summed E-state index contributed by atoms with van der Waals surface area (Å²) in [5.74, 6) is 1.12. The number of hydrogen-bond acceptors (Lipinski definition) is 3. The third-order valence-electron chi connectivity index (χ3n) is 3.08. The summed E-state index contributed by atoms with van der Waals surface area (Å²) in [6.45, 7) is 0.967. The summed E-state index contributed by atoms with van der Waals surface area (Å²) in [5.41, 5.74) is 0.780. The van der Waals surface area contributed by atoms with Gasteiger partial charge in [-0.1, -0.05) is 6.07 Å². The van der Waals surface area contributed by atoms with Gasteiger partial charge in [0.25, 0.3) is 0 Å². The molecule has 0 bridgehead atoms. The van der Waals surface area contributed by atoms with Crippen LogP contribution >= 0.6 is 11.6 Å². The molecule has 4 nitrogen and oxygen atoms in total.